The van der Waals surface area contributed by atoms with Crippen LogP contribution in [-0.4, -0.2) is 30.0 Å². The molecule has 0 aliphatic heterocycles. The number of aryl methyl sites for hydroxylation is 1. The van der Waals surface area contributed by atoms with Crippen LogP contribution in [0, 0.1) is 12.7 Å². The van der Waals surface area contributed by atoms with E-state index in [0.717, 1.165) is 11.5 Å². The molecular formula is C15H17FN4O. The SMILES string of the molecule is Cc1cc(N(C)C)nc(CNC(=O)c2ccccc2F)n1. The third-order valence-corrected chi connectivity index (χ3v) is 2.87. The lowest BCUT2D eigenvalue weighted by Gasteiger charge is -2.13. The molecule has 0 saturated carbocycles. The van der Waals surface area contributed by atoms with Gasteiger partial charge in [0, 0.05) is 25.9 Å². The predicted molar refractivity (Wildman–Crippen MR) is 78.7 cm³/mol. The second-order valence-corrected chi connectivity index (χ2v) is 4.84. The van der Waals surface area contributed by atoms with E-state index in [1.807, 2.05) is 32.0 Å². The Hall–Kier alpha value is -2.50. The van der Waals surface area contributed by atoms with Crippen LogP contribution in [0.3, 0.4) is 0 Å². The van der Waals surface area contributed by atoms with E-state index in [4.69, 9.17) is 0 Å². The number of benzene rings is 1. The normalized spacial score (nSPS) is 10.3. The lowest BCUT2D eigenvalue weighted by Crippen LogP contribution is -2.25. The zero-order valence-corrected chi connectivity index (χ0v) is 12.2. The lowest BCUT2D eigenvalue weighted by molar-refractivity contribution is 0.0946. The monoisotopic (exact) mass is 288 g/mol. The molecule has 5 nitrogen and oxygen atoms in total. The van der Waals surface area contributed by atoms with Crippen LogP contribution in [0.5, 0.6) is 0 Å². The van der Waals surface area contributed by atoms with Crippen molar-refractivity contribution in [2.45, 2.75) is 13.5 Å². The first-order valence-electron chi connectivity index (χ1n) is 6.52. The van der Waals surface area contributed by atoms with Gasteiger partial charge in [0.05, 0.1) is 12.1 Å². The third-order valence-electron chi connectivity index (χ3n) is 2.87. The minimum Gasteiger partial charge on any atom is -0.363 e. The van der Waals surface area contributed by atoms with Crippen molar-refractivity contribution < 1.29 is 9.18 Å². The fraction of sp³-hybridized carbons (Fsp3) is 0.267. The summed E-state index contributed by atoms with van der Waals surface area (Å²) >= 11 is 0. The van der Waals surface area contributed by atoms with Crippen molar-refractivity contribution >= 4 is 11.7 Å². The zero-order chi connectivity index (χ0) is 15.4. The van der Waals surface area contributed by atoms with Crippen LogP contribution < -0.4 is 10.2 Å². The molecule has 0 aliphatic carbocycles. The number of carbonyl (C=O) groups excluding carboxylic acids is 1. The van der Waals surface area contributed by atoms with Gasteiger partial charge in [-0.2, -0.15) is 0 Å². The number of carbonyl (C=O) groups is 1. The highest BCUT2D eigenvalue weighted by atomic mass is 19.1. The molecule has 0 saturated heterocycles. The molecule has 2 rings (SSSR count). The molecule has 1 amide bonds. The molecule has 0 bridgehead atoms. The van der Waals surface area contributed by atoms with Gasteiger partial charge in [-0.15, -0.1) is 0 Å². The molecule has 0 radical (unpaired) electrons. The summed E-state index contributed by atoms with van der Waals surface area (Å²) in [5, 5.41) is 2.63. The maximum Gasteiger partial charge on any atom is 0.254 e. The van der Waals surface area contributed by atoms with Crippen molar-refractivity contribution in [2.75, 3.05) is 19.0 Å². The summed E-state index contributed by atoms with van der Waals surface area (Å²) < 4.78 is 13.5. The van der Waals surface area contributed by atoms with Gasteiger partial charge >= 0.3 is 0 Å². The van der Waals surface area contributed by atoms with Crippen LogP contribution >= 0.6 is 0 Å². The summed E-state index contributed by atoms with van der Waals surface area (Å²) in [6.45, 7) is 2.01. The van der Waals surface area contributed by atoms with Crippen LogP contribution in [0.25, 0.3) is 0 Å². The van der Waals surface area contributed by atoms with Gasteiger partial charge in [-0.05, 0) is 19.1 Å². The van der Waals surface area contributed by atoms with E-state index in [-0.39, 0.29) is 12.1 Å². The van der Waals surface area contributed by atoms with Crippen molar-refractivity contribution in [1.29, 1.82) is 0 Å². The number of hydrogen-bond acceptors (Lipinski definition) is 4. The van der Waals surface area contributed by atoms with Crippen LogP contribution in [0.15, 0.2) is 30.3 Å². The first-order valence-corrected chi connectivity index (χ1v) is 6.52. The summed E-state index contributed by atoms with van der Waals surface area (Å²) in [5.41, 5.74) is 0.821. The average Bonchev–Trinajstić information content (AvgIpc) is 2.44. The van der Waals surface area contributed by atoms with E-state index >= 15 is 0 Å². The number of nitrogens with zero attached hydrogens (tertiary/aromatic N) is 3. The van der Waals surface area contributed by atoms with Gasteiger partial charge in [0.25, 0.3) is 5.91 Å². The fourth-order valence-electron chi connectivity index (χ4n) is 1.82. The molecule has 0 aliphatic rings. The Morgan fingerprint density at radius 3 is 2.67 bits per heavy atom. The molecule has 1 heterocycles. The summed E-state index contributed by atoms with van der Waals surface area (Å²) in [6, 6.07) is 7.70. The van der Waals surface area contributed by atoms with Gasteiger partial charge in [-0.3, -0.25) is 4.79 Å². The highest BCUT2D eigenvalue weighted by Gasteiger charge is 2.11. The van der Waals surface area contributed by atoms with Crippen LogP contribution in [0.2, 0.25) is 0 Å². The van der Waals surface area contributed by atoms with Crippen LogP contribution in [-0.2, 0) is 6.54 Å². The van der Waals surface area contributed by atoms with E-state index in [1.54, 1.807) is 12.1 Å². The van der Waals surface area contributed by atoms with Gasteiger partial charge in [0.2, 0.25) is 0 Å². The van der Waals surface area contributed by atoms with E-state index in [0.29, 0.717) is 5.82 Å². The topological polar surface area (TPSA) is 58.1 Å². The van der Waals surface area contributed by atoms with Crippen molar-refractivity contribution in [3.8, 4) is 0 Å². The smallest absolute Gasteiger partial charge is 0.254 e. The maximum absolute atomic E-state index is 13.5. The largest absolute Gasteiger partial charge is 0.363 e. The standard InChI is InChI=1S/C15H17FN4O/c1-10-8-14(20(2)3)19-13(18-10)9-17-15(21)11-6-4-5-7-12(11)16/h4-8H,9H2,1-3H3,(H,17,21). The molecule has 6 heteroatoms. The number of anilines is 1. The lowest BCUT2D eigenvalue weighted by atomic mass is 10.2. The number of hydrogen-bond donors (Lipinski definition) is 1. The van der Waals surface area contributed by atoms with Gasteiger partial charge in [0.15, 0.2) is 0 Å². The predicted octanol–water partition coefficient (Wildman–Crippen LogP) is 1.92. The maximum atomic E-state index is 13.5. The van der Waals surface area contributed by atoms with E-state index < -0.39 is 11.7 Å². The summed E-state index contributed by atoms with van der Waals surface area (Å²) in [5.74, 6) is 0.222. The van der Waals surface area contributed by atoms with Crippen LogP contribution in [0.4, 0.5) is 10.2 Å². The number of amides is 1. The van der Waals surface area contributed by atoms with Gasteiger partial charge in [-0.1, -0.05) is 12.1 Å². The van der Waals surface area contributed by atoms with Gasteiger partial charge < -0.3 is 10.2 Å². The average molecular weight is 288 g/mol. The number of aromatic nitrogens is 2. The molecule has 0 atom stereocenters. The molecule has 21 heavy (non-hydrogen) atoms. The summed E-state index contributed by atoms with van der Waals surface area (Å²) in [7, 11) is 3.76. The van der Waals surface area contributed by atoms with Crippen molar-refractivity contribution in [2.24, 2.45) is 0 Å². The molecule has 2 aromatic rings. The van der Waals surface area contributed by atoms with Crippen LogP contribution in [0.1, 0.15) is 21.9 Å². The second-order valence-electron chi connectivity index (χ2n) is 4.84. The van der Waals surface area contributed by atoms with Gasteiger partial charge in [-0.25, -0.2) is 14.4 Å². The Morgan fingerprint density at radius 1 is 1.29 bits per heavy atom. The Kier molecular flexibility index (Phi) is 4.47. The van der Waals surface area contributed by atoms with Crippen molar-refractivity contribution in [1.82, 2.24) is 15.3 Å². The first-order chi connectivity index (χ1) is 9.97. The Balaban J connectivity index is 2.10. The van der Waals surface area contributed by atoms with Crippen molar-refractivity contribution in [3.63, 3.8) is 0 Å². The molecule has 0 spiro atoms. The molecule has 110 valence electrons. The first kappa shape index (κ1) is 14.9. The quantitative estimate of drug-likeness (QED) is 0.934. The molecular weight excluding hydrogens is 271 g/mol. The fourth-order valence-corrected chi connectivity index (χ4v) is 1.82. The third kappa shape index (κ3) is 3.75. The van der Waals surface area contributed by atoms with Crippen molar-refractivity contribution in [3.05, 3.63) is 53.2 Å². The highest BCUT2D eigenvalue weighted by molar-refractivity contribution is 5.94. The minimum absolute atomic E-state index is 0.0120. The minimum atomic E-state index is -0.547. The summed E-state index contributed by atoms with van der Waals surface area (Å²) in [6.07, 6.45) is 0. The Bertz CT molecular complexity index is 658. The zero-order valence-electron chi connectivity index (χ0n) is 12.2. The van der Waals surface area contributed by atoms with Gasteiger partial charge in [0.1, 0.15) is 17.5 Å². The Morgan fingerprint density at radius 2 is 2.00 bits per heavy atom. The molecule has 0 unspecified atom stereocenters. The number of rotatable bonds is 4. The van der Waals surface area contributed by atoms with E-state index in [2.05, 4.69) is 15.3 Å². The molecule has 1 N–H and O–H groups in total. The highest BCUT2D eigenvalue weighted by Crippen LogP contribution is 2.10. The Labute approximate surface area is 122 Å². The number of nitrogens with one attached hydrogen (secondary N) is 1. The summed E-state index contributed by atoms with van der Waals surface area (Å²) in [4.78, 5) is 22.4. The van der Waals surface area contributed by atoms with E-state index in [9.17, 15) is 9.18 Å². The molecule has 0 fully saturated rings. The second kappa shape index (κ2) is 6.30. The molecule has 1 aromatic heterocycles. The van der Waals surface area contributed by atoms with E-state index in [1.165, 1.54) is 12.1 Å². The molecule has 1 aromatic carbocycles. The number of halogens is 1.